The van der Waals surface area contributed by atoms with Crippen molar-refractivity contribution in [3.8, 4) is 17.6 Å². The predicted molar refractivity (Wildman–Crippen MR) is 102 cm³/mol. The topological polar surface area (TPSA) is 62.1 Å². The van der Waals surface area contributed by atoms with Crippen LogP contribution in [-0.4, -0.2) is 5.91 Å². The number of carbonyl (C=O) groups is 1. The molecule has 3 aromatic carbocycles. The monoisotopic (exact) mass is 358 g/mol. The summed E-state index contributed by atoms with van der Waals surface area (Å²) in [6.45, 7) is 0. The van der Waals surface area contributed by atoms with E-state index in [0.717, 1.165) is 0 Å². The Morgan fingerprint density at radius 3 is 2.33 bits per heavy atom. The largest absolute Gasteiger partial charge is 0.455 e. The number of nitrogens with one attached hydrogen (secondary N) is 1. The Labute approximate surface area is 156 Å². The average molecular weight is 358 g/mol. The van der Waals surface area contributed by atoms with Crippen LogP contribution in [0, 0.1) is 17.1 Å². The van der Waals surface area contributed by atoms with Crippen LogP contribution in [0.5, 0.6) is 11.5 Å². The minimum atomic E-state index is -0.578. The molecule has 1 N–H and O–H groups in total. The molecular weight excluding hydrogens is 343 g/mol. The summed E-state index contributed by atoms with van der Waals surface area (Å²) in [4.78, 5) is 12.5. The summed E-state index contributed by atoms with van der Waals surface area (Å²) in [5, 5.41) is 12.0. The van der Waals surface area contributed by atoms with Gasteiger partial charge in [0.05, 0.1) is 5.69 Å². The molecule has 27 heavy (non-hydrogen) atoms. The number of amides is 1. The maximum Gasteiger partial charge on any atom is 0.266 e. The molecular formula is C22H15FN2O2. The van der Waals surface area contributed by atoms with Crippen LogP contribution < -0.4 is 10.1 Å². The second kappa shape index (κ2) is 8.45. The van der Waals surface area contributed by atoms with E-state index < -0.39 is 5.91 Å². The highest BCUT2D eigenvalue weighted by Crippen LogP contribution is 2.29. The van der Waals surface area contributed by atoms with Crippen molar-refractivity contribution in [2.24, 2.45) is 0 Å². The summed E-state index contributed by atoms with van der Waals surface area (Å²) >= 11 is 0. The summed E-state index contributed by atoms with van der Waals surface area (Å²) in [5.41, 5.74) is 0.889. The maximum atomic E-state index is 13.0. The molecule has 0 heterocycles. The number of para-hydroxylation sites is 3. The first-order valence-corrected chi connectivity index (χ1v) is 8.16. The molecule has 0 radical (unpaired) electrons. The zero-order valence-corrected chi connectivity index (χ0v) is 14.2. The van der Waals surface area contributed by atoms with Gasteiger partial charge in [0.15, 0.2) is 5.75 Å². The Balaban J connectivity index is 1.81. The molecule has 0 saturated heterocycles. The van der Waals surface area contributed by atoms with Gasteiger partial charge in [0.2, 0.25) is 0 Å². The summed E-state index contributed by atoms with van der Waals surface area (Å²) in [5.74, 6) is 0.116. The second-order valence-corrected chi connectivity index (χ2v) is 5.59. The van der Waals surface area contributed by atoms with Gasteiger partial charge < -0.3 is 10.1 Å². The zero-order chi connectivity index (χ0) is 19.1. The second-order valence-electron chi connectivity index (χ2n) is 5.59. The summed E-state index contributed by atoms with van der Waals surface area (Å²) in [7, 11) is 0. The fourth-order valence-electron chi connectivity index (χ4n) is 2.34. The lowest BCUT2D eigenvalue weighted by molar-refractivity contribution is -0.112. The third kappa shape index (κ3) is 4.80. The zero-order valence-electron chi connectivity index (χ0n) is 14.2. The molecule has 0 saturated carbocycles. The number of nitriles is 1. The van der Waals surface area contributed by atoms with Gasteiger partial charge in [0.1, 0.15) is 23.2 Å². The van der Waals surface area contributed by atoms with Crippen LogP contribution in [0.3, 0.4) is 0 Å². The van der Waals surface area contributed by atoms with E-state index >= 15 is 0 Å². The molecule has 5 heteroatoms. The molecule has 132 valence electrons. The first kappa shape index (κ1) is 17.9. The van der Waals surface area contributed by atoms with Crippen molar-refractivity contribution in [3.63, 3.8) is 0 Å². The number of ether oxygens (including phenoxy) is 1. The molecule has 0 fully saturated rings. The van der Waals surface area contributed by atoms with E-state index in [9.17, 15) is 14.4 Å². The summed E-state index contributed by atoms with van der Waals surface area (Å²) in [6.07, 6.45) is 1.40. The van der Waals surface area contributed by atoms with Crippen molar-refractivity contribution in [1.82, 2.24) is 0 Å². The smallest absolute Gasteiger partial charge is 0.266 e. The van der Waals surface area contributed by atoms with Crippen LogP contribution >= 0.6 is 0 Å². The quantitative estimate of drug-likeness (QED) is 0.506. The van der Waals surface area contributed by atoms with Gasteiger partial charge in [-0.15, -0.1) is 0 Å². The van der Waals surface area contributed by atoms with Crippen molar-refractivity contribution < 1.29 is 13.9 Å². The fraction of sp³-hybridized carbons (Fsp3) is 0. The van der Waals surface area contributed by atoms with Crippen LogP contribution in [0.2, 0.25) is 0 Å². The third-order valence-electron chi connectivity index (χ3n) is 3.65. The molecule has 0 unspecified atom stereocenters. The number of carbonyl (C=O) groups excluding carboxylic acids is 1. The number of nitrogens with zero attached hydrogens (tertiary/aromatic N) is 1. The number of halogens is 1. The Kier molecular flexibility index (Phi) is 5.60. The van der Waals surface area contributed by atoms with Crippen LogP contribution in [0.25, 0.3) is 6.08 Å². The lowest BCUT2D eigenvalue weighted by Gasteiger charge is -2.12. The van der Waals surface area contributed by atoms with E-state index in [1.165, 1.54) is 30.3 Å². The lowest BCUT2D eigenvalue weighted by Crippen LogP contribution is -2.14. The normalized spacial score (nSPS) is 10.7. The fourth-order valence-corrected chi connectivity index (χ4v) is 2.34. The first-order valence-electron chi connectivity index (χ1n) is 8.16. The molecule has 4 nitrogen and oxygen atoms in total. The van der Waals surface area contributed by atoms with Gasteiger partial charge in [-0.3, -0.25) is 4.79 Å². The lowest BCUT2D eigenvalue weighted by atomic mass is 10.1. The highest BCUT2D eigenvalue weighted by Gasteiger charge is 2.13. The minimum absolute atomic E-state index is 0.101. The molecule has 0 aliphatic carbocycles. The molecule has 0 atom stereocenters. The molecule has 3 aromatic rings. The summed E-state index contributed by atoms with van der Waals surface area (Å²) < 4.78 is 18.8. The van der Waals surface area contributed by atoms with E-state index in [1.807, 2.05) is 24.3 Å². The van der Waals surface area contributed by atoms with E-state index in [0.29, 0.717) is 22.7 Å². The predicted octanol–water partition coefficient (Wildman–Crippen LogP) is 5.16. The Morgan fingerprint density at radius 1 is 0.963 bits per heavy atom. The van der Waals surface area contributed by atoms with Crippen molar-refractivity contribution in [1.29, 1.82) is 5.26 Å². The third-order valence-corrected chi connectivity index (χ3v) is 3.65. The Hall–Kier alpha value is -3.91. The van der Waals surface area contributed by atoms with Crippen LogP contribution in [0.1, 0.15) is 5.56 Å². The van der Waals surface area contributed by atoms with Gasteiger partial charge in [-0.2, -0.15) is 5.26 Å². The molecule has 1 amide bonds. The SMILES string of the molecule is N#C/C(=C\c1ccc(F)cc1)C(=O)Nc1ccccc1Oc1ccccc1. The highest BCUT2D eigenvalue weighted by atomic mass is 19.1. The van der Waals surface area contributed by atoms with Crippen LogP contribution in [0.15, 0.2) is 84.4 Å². The van der Waals surface area contributed by atoms with Gasteiger partial charge in [-0.1, -0.05) is 42.5 Å². The van der Waals surface area contributed by atoms with Crippen LogP contribution in [0.4, 0.5) is 10.1 Å². The molecule has 3 rings (SSSR count). The molecule has 0 aromatic heterocycles. The van der Waals surface area contributed by atoms with Gasteiger partial charge in [0.25, 0.3) is 5.91 Å². The minimum Gasteiger partial charge on any atom is -0.455 e. The van der Waals surface area contributed by atoms with Crippen molar-refractivity contribution in [2.75, 3.05) is 5.32 Å². The number of rotatable bonds is 5. The van der Waals surface area contributed by atoms with E-state index in [-0.39, 0.29) is 11.4 Å². The van der Waals surface area contributed by atoms with E-state index in [1.54, 1.807) is 36.4 Å². The summed E-state index contributed by atoms with van der Waals surface area (Å²) in [6, 6.07) is 23.5. The molecule has 0 bridgehead atoms. The van der Waals surface area contributed by atoms with Crippen molar-refractivity contribution in [2.45, 2.75) is 0 Å². The molecule has 0 aliphatic heterocycles. The first-order chi connectivity index (χ1) is 13.2. The van der Waals surface area contributed by atoms with Gasteiger partial charge in [-0.05, 0) is 48.0 Å². The van der Waals surface area contributed by atoms with Gasteiger partial charge in [-0.25, -0.2) is 4.39 Å². The average Bonchev–Trinajstić information content (AvgIpc) is 2.70. The number of hydrogen-bond donors (Lipinski definition) is 1. The van der Waals surface area contributed by atoms with Gasteiger partial charge >= 0.3 is 0 Å². The number of anilines is 1. The van der Waals surface area contributed by atoms with Crippen molar-refractivity contribution in [3.05, 3.63) is 95.8 Å². The standard InChI is InChI=1S/C22H15FN2O2/c23-18-12-10-16(11-13-18)14-17(15-24)22(26)25-20-8-4-5-9-21(20)27-19-6-2-1-3-7-19/h1-14H,(H,25,26)/b17-14+. The Bertz CT molecular complexity index is 1010. The van der Waals surface area contributed by atoms with E-state index in [2.05, 4.69) is 5.32 Å². The number of hydrogen-bond acceptors (Lipinski definition) is 3. The van der Waals surface area contributed by atoms with E-state index in [4.69, 9.17) is 4.74 Å². The van der Waals surface area contributed by atoms with Gasteiger partial charge in [0, 0.05) is 0 Å². The highest BCUT2D eigenvalue weighted by molar-refractivity contribution is 6.10. The Morgan fingerprint density at radius 2 is 1.63 bits per heavy atom. The number of benzene rings is 3. The molecule has 0 spiro atoms. The maximum absolute atomic E-state index is 13.0. The van der Waals surface area contributed by atoms with Crippen LogP contribution in [-0.2, 0) is 4.79 Å². The van der Waals surface area contributed by atoms with Crippen molar-refractivity contribution >= 4 is 17.7 Å². The molecule has 0 aliphatic rings.